The maximum absolute atomic E-state index is 14.3. The SMILES string of the molecule is Cc1ccsc1C1C(C(=O)c2cccc(Cl)c2)C(c2cccs2)C(C)(C(=O)O)N1C(=O)c1cccs1. The molecule has 3 aromatic heterocycles. The molecule has 5 nitrogen and oxygen atoms in total. The van der Waals surface area contributed by atoms with E-state index in [0.29, 0.717) is 15.5 Å². The highest BCUT2D eigenvalue weighted by molar-refractivity contribution is 7.12. The van der Waals surface area contributed by atoms with E-state index < -0.39 is 35.3 Å². The van der Waals surface area contributed by atoms with Crippen molar-refractivity contribution in [1.82, 2.24) is 4.90 Å². The molecule has 1 fully saturated rings. The van der Waals surface area contributed by atoms with Crippen LogP contribution in [0.15, 0.2) is 70.7 Å². The van der Waals surface area contributed by atoms with Crippen molar-refractivity contribution in [2.24, 2.45) is 5.92 Å². The number of halogens is 1. The van der Waals surface area contributed by atoms with Crippen molar-refractivity contribution in [3.63, 3.8) is 0 Å². The molecule has 0 spiro atoms. The van der Waals surface area contributed by atoms with Crippen LogP contribution in [0.5, 0.6) is 0 Å². The van der Waals surface area contributed by atoms with Gasteiger partial charge in [0.2, 0.25) is 0 Å². The van der Waals surface area contributed by atoms with Gasteiger partial charge >= 0.3 is 5.97 Å². The molecule has 1 aliphatic rings. The number of carboxylic acid groups (broad SMARTS) is 1. The maximum Gasteiger partial charge on any atom is 0.330 e. The highest BCUT2D eigenvalue weighted by Gasteiger charge is 2.65. The van der Waals surface area contributed by atoms with Crippen LogP contribution in [0.2, 0.25) is 5.02 Å². The molecule has 4 unspecified atom stereocenters. The van der Waals surface area contributed by atoms with Crippen LogP contribution in [0.3, 0.4) is 0 Å². The van der Waals surface area contributed by atoms with Gasteiger partial charge in [-0.3, -0.25) is 9.59 Å². The van der Waals surface area contributed by atoms with Crippen molar-refractivity contribution < 1.29 is 19.5 Å². The third-order valence-corrected chi connectivity index (χ3v) is 10.0. The number of nitrogens with zero attached hydrogens (tertiary/aromatic N) is 1. The molecule has 1 aliphatic heterocycles. The highest BCUT2D eigenvalue weighted by atomic mass is 35.5. The minimum absolute atomic E-state index is 0.234. The van der Waals surface area contributed by atoms with Crippen molar-refractivity contribution in [3.05, 3.63) is 102 Å². The Balaban J connectivity index is 1.81. The Morgan fingerprint density at radius 1 is 0.972 bits per heavy atom. The van der Waals surface area contributed by atoms with E-state index in [0.717, 1.165) is 15.3 Å². The topological polar surface area (TPSA) is 74.7 Å². The Bertz CT molecular complexity index is 1430. The van der Waals surface area contributed by atoms with E-state index in [1.54, 1.807) is 48.7 Å². The molecule has 0 aliphatic carbocycles. The van der Waals surface area contributed by atoms with E-state index in [4.69, 9.17) is 11.6 Å². The van der Waals surface area contributed by atoms with Gasteiger partial charge in [0.25, 0.3) is 5.91 Å². The molecule has 1 aromatic carbocycles. The van der Waals surface area contributed by atoms with Crippen LogP contribution in [0.1, 0.15) is 54.2 Å². The van der Waals surface area contributed by atoms with Crippen LogP contribution in [0.25, 0.3) is 0 Å². The number of rotatable bonds is 6. The minimum Gasteiger partial charge on any atom is -0.479 e. The smallest absolute Gasteiger partial charge is 0.330 e. The summed E-state index contributed by atoms with van der Waals surface area (Å²) in [5, 5.41) is 16.7. The average molecular weight is 556 g/mol. The molecule has 1 N–H and O–H groups in total. The number of likely N-dealkylation sites (tertiary alicyclic amines) is 1. The fraction of sp³-hybridized carbons (Fsp3) is 0.222. The molecular weight excluding hydrogens is 534 g/mol. The zero-order valence-electron chi connectivity index (χ0n) is 19.4. The number of benzene rings is 1. The number of hydrogen-bond acceptors (Lipinski definition) is 6. The van der Waals surface area contributed by atoms with Gasteiger partial charge in [-0.15, -0.1) is 34.0 Å². The zero-order valence-corrected chi connectivity index (χ0v) is 22.6. The summed E-state index contributed by atoms with van der Waals surface area (Å²) in [6.45, 7) is 3.50. The van der Waals surface area contributed by atoms with Crippen molar-refractivity contribution in [3.8, 4) is 0 Å². The number of hydrogen-bond donors (Lipinski definition) is 1. The Labute approximate surface area is 225 Å². The second-order valence-corrected chi connectivity index (χ2v) is 12.2. The van der Waals surface area contributed by atoms with Crippen molar-refractivity contribution in [2.45, 2.75) is 31.3 Å². The van der Waals surface area contributed by atoms with Gasteiger partial charge in [-0.1, -0.05) is 35.9 Å². The van der Waals surface area contributed by atoms with Crippen molar-refractivity contribution in [1.29, 1.82) is 0 Å². The average Bonchev–Trinajstić information content (AvgIpc) is 3.65. The number of aryl methyl sites for hydroxylation is 1. The monoisotopic (exact) mass is 555 g/mol. The number of amides is 1. The predicted molar refractivity (Wildman–Crippen MR) is 145 cm³/mol. The first-order valence-corrected chi connectivity index (χ1v) is 14.2. The van der Waals surface area contributed by atoms with Crippen LogP contribution < -0.4 is 0 Å². The largest absolute Gasteiger partial charge is 0.479 e. The normalized spacial score (nSPS) is 23.6. The van der Waals surface area contributed by atoms with E-state index in [2.05, 4.69) is 0 Å². The zero-order chi connectivity index (χ0) is 25.6. The van der Waals surface area contributed by atoms with Gasteiger partial charge in [-0.2, -0.15) is 0 Å². The summed E-state index contributed by atoms with van der Waals surface area (Å²) in [5.74, 6) is -3.37. The van der Waals surface area contributed by atoms with Crippen LogP contribution in [0, 0.1) is 12.8 Å². The van der Waals surface area contributed by atoms with Crippen LogP contribution in [-0.4, -0.2) is 33.2 Å². The molecule has 4 atom stereocenters. The molecule has 1 saturated heterocycles. The Kier molecular flexibility index (Phi) is 6.63. The van der Waals surface area contributed by atoms with Crippen LogP contribution >= 0.6 is 45.6 Å². The van der Waals surface area contributed by atoms with E-state index in [-0.39, 0.29) is 5.78 Å². The summed E-state index contributed by atoms with van der Waals surface area (Å²) in [7, 11) is 0. The third kappa shape index (κ3) is 3.93. The number of thiophene rings is 3. The molecule has 0 radical (unpaired) electrons. The number of carbonyl (C=O) groups excluding carboxylic acids is 2. The number of carbonyl (C=O) groups is 3. The number of carboxylic acids is 1. The highest BCUT2D eigenvalue weighted by Crippen LogP contribution is 2.58. The number of aliphatic carboxylic acids is 1. The van der Waals surface area contributed by atoms with Gasteiger partial charge in [0, 0.05) is 26.3 Å². The molecule has 4 aromatic rings. The summed E-state index contributed by atoms with van der Waals surface area (Å²) < 4.78 is 0. The second-order valence-electron chi connectivity index (χ2n) is 8.91. The molecule has 4 heterocycles. The lowest BCUT2D eigenvalue weighted by molar-refractivity contribution is -0.148. The molecule has 36 heavy (non-hydrogen) atoms. The van der Waals surface area contributed by atoms with Crippen molar-refractivity contribution >= 4 is 63.3 Å². The Hall–Kier alpha value is -2.78. The summed E-state index contributed by atoms with van der Waals surface area (Å²) in [4.78, 5) is 45.0. The molecule has 1 amide bonds. The van der Waals surface area contributed by atoms with Crippen molar-refractivity contribution in [2.75, 3.05) is 0 Å². The first-order valence-electron chi connectivity index (χ1n) is 11.2. The fourth-order valence-electron chi connectivity index (χ4n) is 5.24. The summed E-state index contributed by atoms with van der Waals surface area (Å²) in [6, 6.07) is 15.0. The summed E-state index contributed by atoms with van der Waals surface area (Å²) >= 11 is 10.3. The van der Waals surface area contributed by atoms with Gasteiger partial charge in [0.05, 0.1) is 16.8 Å². The van der Waals surface area contributed by atoms with Gasteiger partial charge < -0.3 is 10.0 Å². The first kappa shape index (κ1) is 24.9. The van der Waals surface area contributed by atoms with Crippen LogP contribution in [0.4, 0.5) is 0 Å². The minimum atomic E-state index is -1.67. The number of Topliss-reactive ketones (excluding diaryl/α,β-unsaturated/α-hetero) is 1. The lowest BCUT2D eigenvalue weighted by Gasteiger charge is -2.37. The third-order valence-electron chi connectivity index (χ3n) is 6.90. The standard InChI is InChI=1S/C27H22ClNO4S3/c1-15-10-13-36-24(15)22-20(23(30)16-6-3-7-17(28)14-16)21(18-8-4-11-34-18)27(2,26(32)33)29(22)25(31)19-9-5-12-35-19/h3-14,20-22H,1-2H3,(H,32,33). The van der Waals surface area contributed by atoms with E-state index in [1.165, 1.54) is 38.9 Å². The lowest BCUT2D eigenvalue weighted by Crippen LogP contribution is -2.54. The number of ketones is 1. The van der Waals surface area contributed by atoms with Gasteiger partial charge in [-0.05, 0) is 65.9 Å². The molecule has 184 valence electrons. The molecular formula is C27H22ClNO4S3. The van der Waals surface area contributed by atoms with E-state index in [1.807, 2.05) is 35.9 Å². The Morgan fingerprint density at radius 2 is 1.72 bits per heavy atom. The molecule has 0 saturated carbocycles. The van der Waals surface area contributed by atoms with Gasteiger partial charge in [-0.25, -0.2) is 4.79 Å². The fourth-order valence-corrected chi connectivity index (χ4v) is 8.15. The quantitative estimate of drug-likeness (QED) is 0.256. The van der Waals surface area contributed by atoms with Crippen LogP contribution in [-0.2, 0) is 4.79 Å². The van der Waals surface area contributed by atoms with Gasteiger partial charge in [0.1, 0.15) is 5.54 Å². The predicted octanol–water partition coefficient (Wildman–Crippen LogP) is 7.16. The lowest BCUT2D eigenvalue weighted by atomic mass is 9.75. The maximum atomic E-state index is 14.3. The molecule has 9 heteroatoms. The molecule has 0 bridgehead atoms. The van der Waals surface area contributed by atoms with Gasteiger partial charge in [0.15, 0.2) is 5.78 Å². The summed E-state index contributed by atoms with van der Waals surface area (Å²) in [6.07, 6.45) is 0. The summed E-state index contributed by atoms with van der Waals surface area (Å²) in [5.41, 5.74) is -0.366. The van der Waals surface area contributed by atoms with E-state index >= 15 is 0 Å². The molecule has 5 rings (SSSR count). The first-order chi connectivity index (χ1) is 17.2. The van der Waals surface area contributed by atoms with E-state index in [9.17, 15) is 19.5 Å². The second kappa shape index (κ2) is 9.59. The Morgan fingerprint density at radius 3 is 2.31 bits per heavy atom.